The van der Waals surface area contributed by atoms with Crippen molar-refractivity contribution in [2.75, 3.05) is 0 Å². The van der Waals surface area contributed by atoms with Gasteiger partial charge in [-0.1, -0.05) is 44.8 Å². The Balaban J connectivity index is 1.36. The van der Waals surface area contributed by atoms with Crippen LogP contribution in [0.4, 0.5) is 13.2 Å². The topological polar surface area (TPSA) is 0 Å². The molecule has 0 atom stereocenters. The quantitative estimate of drug-likeness (QED) is 0.326. The lowest BCUT2D eigenvalue weighted by Crippen LogP contribution is -2.25. The first-order chi connectivity index (χ1) is 13.6. The van der Waals surface area contributed by atoms with Gasteiger partial charge in [0.25, 0.3) is 0 Å². The molecule has 1 aromatic rings. The Morgan fingerprint density at radius 2 is 1.32 bits per heavy atom. The maximum Gasteiger partial charge on any atom is 0.194 e. The Kier molecular flexibility index (Phi) is 8.05. The molecule has 0 nitrogen and oxygen atoms in total. The fourth-order valence-electron chi connectivity index (χ4n) is 5.49. The Labute approximate surface area is 168 Å². The summed E-state index contributed by atoms with van der Waals surface area (Å²) in [5.74, 6) is 0.0384. The molecule has 0 bridgehead atoms. The van der Waals surface area contributed by atoms with Crippen molar-refractivity contribution in [3.8, 4) is 0 Å². The van der Waals surface area contributed by atoms with Crippen LogP contribution >= 0.6 is 0 Å². The van der Waals surface area contributed by atoms with Gasteiger partial charge in [-0.3, -0.25) is 0 Å². The van der Waals surface area contributed by atoms with E-state index in [1.807, 2.05) is 6.08 Å². The molecule has 0 aromatic heterocycles. The minimum Gasteiger partial charge on any atom is -0.204 e. The van der Waals surface area contributed by atoms with E-state index >= 15 is 0 Å². The van der Waals surface area contributed by atoms with E-state index in [0.717, 1.165) is 42.2 Å². The Bertz CT molecular complexity index is 612. The zero-order valence-electron chi connectivity index (χ0n) is 17.2. The summed E-state index contributed by atoms with van der Waals surface area (Å²) in [6.07, 6.45) is 19.5. The molecule has 3 rings (SSSR count). The number of hydrogen-bond acceptors (Lipinski definition) is 0. The van der Waals surface area contributed by atoms with Gasteiger partial charge >= 0.3 is 0 Å². The van der Waals surface area contributed by atoms with E-state index < -0.39 is 17.5 Å². The van der Waals surface area contributed by atoms with Crippen LogP contribution in [0.25, 0.3) is 0 Å². The van der Waals surface area contributed by atoms with Crippen LogP contribution in [0.3, 0.4) is 0 Å². The van der Waals surface area contributed by atoms with Gasteiger partial charge in [0.15, 0.2) is 17.5 Å². The van der Waals surface area contributed by atoms with Gasteiger partial charge in [-0.05, 0) is 92.7 Å². The summed E-state index contributed by atoms with van der Waals surface area (Å²) < 4.78 is 39.5. The van der Waals surface area contributed by atoms with Crippen LogP contribution in [0, 0.1) is 41.1 Å². The molecule has 28 heavy (non-hydrogen) atoms. The van der Waals surface area contributed by atoms with Crippen LogP contribution in [0.2, 0.25) is 0 Å². The van der Waals surface area contributed by atoms with Gasteiger partial charge < -0.3 is 0 Å². The Morgan fingerprint density at radius 1 is 0.786 bits per heavy atom. The van der Waals surface area contributed by atoms with Crippen LogP contribution in [0.15, 0.2) is 24.3 Å². The third kappa shape index (κ3) is 5.87. The van der Waals surface area contributed by atoms with Gasteiger partial charge in [-0.2, -0.15) is 0 Å². The normalized spacial score (nSPS) is 28.7. The van der Waals surface area contributed by atoms with Crippen molar-refractivity contribution >= 4 is 0 Å². The highest BCUT2D eigenvalue weighted by Crippen LogP contribution is 2.42. The molecule has 2 fully saturated rings. The minimum atomic E-state index is -1.39. The monoisotopic (exact) mass is 392 g/mol. The van der Waals surface area contributed by atoms with Gasteiger partial charge in [-0.25, -0.2) is 13.2 Å². The van der Waals surface area contributed by atoms with E-state index in [-0.39, 0.29) is 0 Å². The number of rotatable bonds is 7. The fourth-order valence-corrected chi connectivity index (χ4v) is 5.49. The first-order valence-corrected chi connectivity index (χ1v) is 11.3. The third-order valence-corrected chi connectivity index (χ3v) is 7.18. The molecule has 0 N–H and O–H groups in total. The highest BCUT2D eigenvalue weighted by molar-refractivity contribution is 5.21. The molecule has 0 unspecified atom stereocenters. The maximum atomic E-state index is 13.3. The third-order valence-electron chi connectivity index (χ3n) is 7.18. The largest absolute Gasteiger partial charge is 0.204 e. The van der Waals surface area contributed by atoms with E-state index in [1.54, 1.807) is 0 Å². The lowest BCUT2D eigenvalue weighted by atomic mass is 9.68. The highest BCUT2D eigenvalue weighted by atomic mass is 19.2. The van der Waals surface area contributed by atoms with Crippen molar-refractivity contribution in [1.29, 1.82) is 0 Å². The zero-order valence-corrected chi connectivity index (χ0v) is 17.2. The molecule has 0 heterocycles. The summed E-state index contributed by atoms with van der Waals surface area (Å²) in [4.78, 5) is 0. The van der Waals surface area contributed by atoms with Crippen LogP contribution in [0.1, 0.15) is 83.1 Å². The van der Waals surface area contributed by atoms with Gasteiger partial charge in [0.05, 0.1) is 0 Å². The smallest absolute Gasteiger partial charge is 0.194 e. The van der Waals surface area contributed by atoms with Gasteiger partial charge in [0, 0.05) is 0 Å². The Hall–Kier alpha value is -1.25. The maximum absolute atomic E-state index is 13.3. The summed E-state index contributed by atoms with van der Waals surface area (Å²) in [7, 11) is 0. The van der Waals surface area contributed by atoms with Crippen LogP contribution in [-0.4, -0.2) is 0 Å². The fraction of sp³-hybridized carbons (Fsp3) is 0.680. The van der Waals surface area contributed by atoms with Crippen LogP contribution in [-0.2, 0) is 6.42 Å². The summed E-state index contributed by atoms with van der Waals surface area (Å²) in [5.41, 5.74) is 0.482. The van der Waals surface area contributed by atoms with Crippen molar-refractivity contribution in [2.24, 2.45) is 23.7 Å². The molecule has 1 aromatic carbocycles. The second-order valence-electron chi connectivity index (χ2n) is 9.13. The molecule has 2 aliphatic rings. The Morgan fingerprint density at radius 3 is 1.86 bits per heavy atom. The average molecular weight is 393 g/mol. The summed E-state index contributed by atoms with van der Waals surface area (Å²) in [6.45, 7) is 2.30. The van der Waals surface area contributed by atoms with E-state index in [9.17, 15) is 13.2 Å². The molecule has 0 aliphatic heterocycles. The summed E-state index contributed by atoms with van der Waals surface area (Å²) >= 11 is 0. The zero-order chi connectivity index (χ0) is 19.9. The van der Waals surface area contributed by atoms with Crippen molar-refractivity contribution < 1.29 is 13.2 Å². The lowest BCUT2D eigenvalue weighted by molar-refractivity contribution is 0.144. The molecule has 0 spiro atoms. The average Bonchev–Trinajstić information content (AvgIpc) is 2.71. The number of halogens is 3. The van der Waals surface area contributed by atoms with E-state index in [2.05, 4.69) is 13.0 Å². The molecule has 0 radical (unpaired) electrons. The number of benzene rings is 1. The number of allylic oxidation sites excluding steroid dienone is 2. The van der Waals surface area contributed by atoms with Crippen LogP contribution in [0.5, 0.6) is 0 Å². The predicted molar refractivity (Wildman–Crippen MR) is 110 cm³/mol. The molecular weight excluding hydrogens is 357 g/mol. The second kappa shape index (κ2) is 10.5. The summed E-state index contributed by atoms with van der Waals surface area (Å²) in [5, 5.41) is 0. The minimum absolute atomic E-state index is 0.449. The molecule has 2 aliphatic carbocycles. The highest BCUT2D eigenvalue weighted by Gasteiger charge is 2.30. The first kappa shape index (κ1) is 21.5. The van der Waals surface area contributed by atoms with E-state index in [4.69, 9.17) is 0 Å². The van der Waals surface area contributed by atoms with Crippen LogP contribution < -0.4 is 0 Å². The SMILES string of the molecule is CCCC1CCC(C2CCC(CC=CCc3cc(F)c(F)c(F)c3)CC2)CC1. The first-order valence-electron chi connectivity index (χ1n) is 11.3. The molecule has 2 saturated carbocycles. The van der Waals surface area contributed by atoms with Gasteiger partial charge in [0.2, 0.25) is 0 Å². The standard InChI is InChI=1S/C25H35F3/c1-2-5-18-8-12-21(13-9-18)22-14-10-19(11-15-22)6-3-4-7-20-16-23(26)25(28)24(27)17-20/h3-4,16-19,21-22H,2,5-15H2,1H3. The van der Waals surface area contributed by atoms with Crippen molar-refractivity contribution in [3.63, 3.8) is 0 Å². The van der Waals surface area contributed by atoms with E-state index in [0.29, 0.717) is 12.0 Å². The number of hydrogen-bond donors (Lipinski definition) is 0. The molecule has 0 amide bonds. The van der Waals surface area contributed by atoms with Crippen molar-refractivity contribution in [1.82, 2.24) is 0 Å². The van der Waals surface area contributed by atoms with E-state index in [1.165, 1.54) is 64.2 Å². The van der Waals surface area contributed by atoms with Crippen molar-refractivity contribution in [2.45, 2.75) is 84.0 Å². The van der Waals surface area contributed by atoms with Crippen molar-refractivity contribution in [3.05, 3.63) is 47.3 Å². The molecule has 0 saturated heterocycles. The molecule has 3 heteroatoms. The molecular formula is C25H35F3. The summed E-state index contributed by atoms with van der Waals surface area (Å²) in [6, 6.07) is 2.17. The lowest BCUT2D eigenvalue weighted by Gasteiger charge is -2.37. The van der Waals surface area contributed by atoms with Gasteiger partial charge in [0.1, 0.15) is 0 Å². The molecule has 156 valence electrons. The second-order valence-corrected chi connectivity index (χ2v) is 9.13. The predicted octanol–water partition coefficient (Wildman–Crippen LogP) is 8.01. The van der Waals surface area contributed by atoms with Gasteiger partial charge in [-0.15, -0.1) is 0 Å².